The standard InChI is InChI=1S/C12H17N/c1-3-10-8-9(2)11-6-4-5-7-12(11)13-10/h8H,3-7H2,1-2H3. The highest BCUT2D eigenvalue weighted by Crippen LogP contribution is 2.23. The van der Waals surface area contributed by atoms with Crippen molar-refractivity contribution in [2.24, 2.45) is 0 Å². The number of nitrogens with zero attached hydrogens (tertiary/aromatic N) is 1. The quantitative estimate of drug-likeness (QED) is 0.639. The number of hydrogen-bond donors (Lipinski definition) is 0. The van der Waals surface area contributed by atoms with Crippen molar-refractivity contribution in [1.82, 2.24) is 4.98 Å². The minimum absolute atomic E-state index is 1.06. The monoisotopic (exact) mass is 175 g/mol. The van der Waals surface area contributed by atoms with Gasteiger partial charge in [0.1, 0.15) is 0 Å². The van der Waals surface area contributed by atoms with Crippen molar-refractivity contribution in [2.75, 3.05) is 0 Å². The molecule has 0 atom stereocenters. The zero-order chi connectivity index (χ0) is 9.26. The van der Waals surface area contributed by atoms with E-state index in [-0.39, 0.29) is 0 Å². The van der Waals surface area contributed by atoms with Crippen LogP contribution < -0.4 is 0 Å². The van der Waals surface area contributed by atoms with Crippen molar-refractivity contribution in [3.63, 3.8) is 0 Å². The third kappa shape index (κ3) is 1.60. The Hall–Kier alpha value is -0.850. The zero-order valence-corrected chi connectivity index (χ0v) is 8.56. The molecule has 1 aliphatic carbocycles. The molecule has 0 bridgehead atoms. The second-order valence-corrected chi connectivity index (χ2v) is 3.92. The van der Waals surface area contributed by atoms with Crippen LogP contribution in [0.4, 0.5) is 0 Å². The number of fused-ring (bicyclic) bond motifs is 1. The first-order chi connectivity index (χ1) is 6.31. The van der Waals surface area contributed by atoms with E-state index >= 15 is 0 Å². The number of hydrogen-bond acceptors (Lipinski definition) is 1. The summed E-state index contributed by atoms with van der Waals surface area (Å²) in [6.07, 6.45) is 6.18. The molecule has 1 aliphatic rings. The first-order valence-corrected chi connectivity index (χ1v) is 5.29. The molecule has 0 aromatic carbocycles. The molecule has 1 heteroatoms. The molecule has 0 saturated carbocycles. The summed E-state index contributed by atoms with van der Waals surface area (Å²) in [7, 11) is 0. The van der Waals surface area contributed by atoms with E-state index in [0.717, 1.165) is 6.42 Å². The SMILES string of the molecule is CCc1cc(C)c2c(n1)CCCC2. The predicted octanol–water partition coefficient (Wildman–Crippen LogP) is 2.83. The lowest BCUT2D eigenvalue weighted by atomic mass is 9.92. The molecule has 2 rings (SSSR count). The Morgan fingerprint density at radius 3 is 2.85 bits per heavy atom. The van der Waals surface area contributed by atoms with E-state index in [1.165, 1.54) is 48.2 Å². The van der Waals surface area contributed by atoms with Gasteiger partial charge in [0, 0.05) is 11.4 Å². The Bertz CT molecular complexity index is 315. The smallest absolute Gasteiger partial charge is 0.0441 e. The van der Waals surface area contributed by atoms with Crippen molar-refractivity contribution in [3.05, 3.63) is 28.6 Å². The molecule has 0 saturated heterocycles. The molecule has 0 amide bonds. The molecule has 0 radical (unpaired) electrons. The van der Waals surface area contributed by atoms with Crippen LogP contribution in [0, 0.1) is 6.92 Å². The summed E-state index contributed by atoms with van der Waals surface area (Å²) in [5.74, 6) is 0. The molecule has 0 spiro atoms. The van der Waals surface area contributed by atoms with Crippen LogP contribution in [0.5, 0.6) is 0 Å². The van der Waals surface area contributed by atoms with Gasteiger partial charge in [0.2, 0.25) is 0 Å². The largest absolute Gasteiger partial charge is 0.258 e. The lowest BCUT2D eigenvalue weighted by molar-refractivity contribution is 0.659. The van der Waals surface area contributed by atoms with Crippen LogP contribution in [0.2, 0.25) is 0 Å². The van der Waals surface area contributed by atoms with E-state index in [4.69, 9.17) is 4.98 Å². The summed E-state index contributed by atoms with van der Waals surface area (Å²) in [4.78, 5) is 4.69. The lowest BCUT2D eigenvalue weighted by Gasteiger charge is -2.17. The number of aryl methyl sites for hydroxylation is 3. The Morgan fingerprint density at radius 1 is 1.31 bits per heavy atom. The van der Waals surface area contributed by atoms with Gasteiger partial charge in [0.15, 0.2) is 0 Å². The maximum absolute atomic E-state index is 4.69. The third-order valence-electron chi connectivity index (χ3n) is 2.94. The Morgan fingerprint density at radius 2 is 2.08 bits per heavy atom. The van der Waals surface area contributed by atoms with Gasteiger partial charge in [-0.2, -0.15) is 0 Å². The van der Waals surface area contributed by atoms with E-state index in [1.54, 1.807) is 0 Å². The Kier molecular flexibility index (Phi) is 2.34. The second-order valence-electron chi connectivity index (χ2n) is 3.92. The van der Waals surface area contributed by atoms with Gasteiger partial charge in [-0.3, -0.25) is 4.98 Å². The van der Waals surface area contributed by atoms with Crippen molar-refractivity contribution >= 4 is 0 Å². The molecule has 1 aromatic rings. The van der Waals surface area contributed by atoms with E-state index < -0.39 is 0 Å². The predicted molar refractivity (Wildman–Crippen MR) is 55.0 cm³/mol. The molecular weight excluding hydrogens is 158 g/mol. The fraction of sp³-hybridized carbons (Fsp3) is 0.583. The van der Waals surface area contributed by atoms with E-state index in [9.17, 15) is 0 Å². The molecule has 0 aliphatic heterocycles. The van der Waals surface area contributed by atoms with Crippen LogP contribution in [0.15, 0.2) is 6.07 Å². The highest BCUT2D eigenvalue weighted by Gasteiger charge is 2.13. The van der Waals surface area contributed by atoms with Gasteiger partial charge >= 0.3 is 0 Å². The topological polar surface area (TPSA) is 12.9 Å². The molecule has 1 nitrogen and oxygen atoms in total. The second kappa shape index (κ2) is 3.49. The molecule has 13 heavy (non-hydrogen) atoms. The Labute approximate surface area is 80.2 Å². The molecule has 1 aromatic heterocycles. The summed E-state index contributed by atoms with van der Waals surface area (Å²) in [6, 6.07) is 2.25. The third-order valence-corrected chi connectivity index (χ3v) is 2.94. The van der Waals surface area contributed by atoms with Crippen LogP contribution in [0.3, 0.4) is 0 Å². The van der Waals surface area contributed by atoms with Crippen LogP contribution in [-0.4, -0.2) is 4.98 Å². The van der Waals surface area contributed by atoms with Crippen LogP contribution in [-0.2, 0) is 19.3 Å². The van der Waals surface area contributed by atoms with Gasteiger partial charge in [-0.25, -0.2) is 0 Å². The maximum Gasteiger partial charge on any atom is 0.0441 e. The molecule has 1 heterocycles. The van der Waals surface area contributed by atoms with Crippen LogP contribution in [0.1, 0.15) is 42.3 Å². The first-order valence-electron chi connectivity index (χ1n) is 5.29. The van der Waals surface area contributed by atoms with E-state index in [2.05, 4.69) is 19.9 Å². The van der Waals surface area contributed by atoms with Gasteiger partial charge in [-0.1, -0.05) is 6.92 Å². The van der Waals surface area contributed by atoms with Crippen molar-refractivity contribution in [1.29, 1.82) is 0 Å². The zero-order valence-electron chi connectivity index (χ0n) is 8.56. The van der Waals surface area contributed by atoms with Gasteiger partial charge < -0.3 is 0 Å². The lowest BCUT2D eigenvalue weighted by Crippen LogP contribution is -2.09. The van der Waals surface area contributed by atoms with Crippen LogP contribution in [0.25, 0.3) is 0 Å². The average molecular weight is 175 g/mol. The molecule has 0 N–H and O–H groups in total. The minimum atomic E-state index is 1.06. The summed E-state index contributed by atoms with van der Waals surface area (Å²) < 4.78 is 0. The number of aromatic nitrogens is 1. The molecule has 70 valence electrons. The fourth-order valence-electron chi connectivity index (χ4n) is 2.16. The summed E-state index contributed by atoms with van der Waals surface area (Å²) in [6.45, 7) is 4.40. The number of pyridine rings is 1. The molecule has 0 unspecified atom stereocenters. The average Bonchev–Trinajstić information content (AvgIpc) is 2.18. The summed E-state index contributed by atoms with van der Waals surface area (Å²) >= 11 is 0. The van der Waals surface area contributed by atoms with Crippen molar-refractivity contribution in [2.45, 2.75) is 46.0 Å². The van der Waals surface area contributed by atoms with Crippen molar-refractivity contribution in [3.8, 4) is 0 Å². The molecular formula is C12H17N. The Balaban J connectivity index is 2.47. The van der Waals surface area contributed by atoms with E-state index in [1.807, 2.05) is 0 Å². The van der Waals surface area contributed by atoms with Gasteiger partial charge in [-0.05, 0) is 56.2 Å². The van der Waals surface area contributed by atoms with E-state index in [0.29, 0.717) is 0 Å². The number of rotatable bonds is 1. The van der Waals surface area contributed by atoms with Gasteiger partial charge in [0.05, 0.1) is 0 Å². The maximum atomic E-state index is 4.69. The van der Waals surface area contributed by atoms with Gasteiger partial charge in [0.25, 0.3) is 0 Å². The highest BCUT2D eigenvalue weighted by molar-refractivity contribution is 5.33. The highest BCUT2D eigenvalue weighted by atomic mass is 14.7. The van der Waals surface area contributed by atoms with Crippen LogP contribution >= 0.6 is 0 Å². The van der Waals surface area contributed by atoms with Gasteiger partial charge in [-0.15, -0.1) is 0 Å². The normalized spacial score (nSPS) is 15.5. The minimum Gasteiger partial charge on any atom is -0.258 e. The fourth-order valence-corrected chi connectivity index (χ4v) is 2.16. The first kappa shape index (κ1) is 8.74. The summed E-state index contributed by atoms with van der Waals surface area (Å²) in [5, 5.41) is 0. The summed E-state index contributed by atoms with van der Waals surface area (Å²) in [5.41, 5.74) is 5.63. The molecule has 0 fully saturated rings. The van der Waals surface area contributed by atoms with Crippen molar-refractivity contribution < 1.29 is 0 Å².